The van der Waals surface area contributed by atoms with E-state index < -0.39 is 0 Å². The largest absolute Gasteiger partial charge is 0.496 e. The van der Waals surface area contributed by atoms with E-state index in [-0.39, 0.29) is 11.9 Å². The van der Waals surface area contributed by atoms with Crippen LogP contribution in [0, 0.1) is 5.92 Å². The predicted molar refractivity (Wildman–Crippen MR) is 100 cm³/mol. The molecule has 2 rings (SSSR count). The normalized spacial score (nSPS) is 11.9. The van der Waals surface area contributed by atoms with Gasteiger partial charge in [0.05, 0.1) is 32.9 Å². The molecule has 1 aromatic heterocycles. The number of benzene rings is 1. The lowest BCUT2D eigenvalue weighted by atomic mass is 10.0. The number of carbonyl (C=O) groups excluding carboxylic acids is 1. The first-order valence-corrected chi connectivity index (χ1v) is 9.02. The second-order valence-electron chi connectivity index (χ2n) is 6.08. The molecule has 1 amide bonds. The Morgan fingerprint density at radius 3 is 2.24 bits per heavy atom. The molecule has 0 spiro atoms. The maximum atomic E-state index is 12.9. The van der Waals surface area contributed by atoms with Crippen LogP contribution in [0.5, 0.6) is 17.2 Å². The quantitative estimate of drug-likeness (QED) is 0.760. The highest BCUT2D eigenvalue weighted by Gasteiger charge is 2.22. The SMILES string of the molecule is COc1cc(OC)c(C(=O)NC(CC(C)C)c2cccs2)cc1OC. The van der Waals surface area contributed by atoms with Crippen molar-refractivity contribution in [2.75, 3.05) is 21.3 Å². The Labute approximate surface area is 152 Å². The smallest absolute Gasteiger partial charge is 0.255 e. The number of carbonyl (C=O) groups is 1. The van der Waals surface area contributed by atoms with Gasteiger partial charge in [-0.2, -0.15) is 0 Å². The maximum Gasteiger partial charge on any atom is 0.255 e. The summed E-state index contributed by atoms with van der Waals surface area (Å²) in [6.07, 6.45) is 0.863. The third-order valence-corrected chi connectivity index (χ3v) is 4.84. The fourth-order valence-corrected chi connectivity index (χ4v) is 3.44. The van der Waals surface area contributed by atoms with Crippen molar-refractivity contribution in [2.24, 2.45) is 5.92 Å². The summed E-state index contributed by atoms with van der Waals surface area (Å²) in [5.41, 5.74) is 0.422. The highest BCUT2D eigenvalue weighted by atomic mass is 32.1. The van der Waals surface area contributed by atoms with Crippen molar-refractivity contribution in [3.8, 4) is 17.2 Å². The van der Waals surface area contributed by atoms with Crippen molar-refractivity contribution in [3.63, 3.8) is 0 Å². The molecule has 25 heavy (non-hydrogen) atoms. The predicted octanol–water partition coefficient (Wildman–Crippen LogP) is 4.29. The molecule has 0 aliphatic rings. The van der Waals surface area contributed by atoms with Crippen molar-refractivity contribution >= 4 is 17.2 Å². The molecule has 0 radical (unpaired) electrons. The van der Waals surface area contributed by atoms with Gasteiger partial charge in [-0.15, -0.1) is 11.3 Å². The minimum Gasteiger partial charge on any atom is -0.496 e. The van der Waals surface area contributed by atoms with Crippen molar-refractivity contribution in [1.82, 2.24) is 5.32 Å². The van der Waals surface area contributed by atoms with Crippen LogP contribution in [0.2, 0.25) is 0 Å². The molecule has 136 valence electrons. The first-order chi connectivity index (χ1) is 12.0. The van der Waals surface area contributed by atoms with Crippen LogP contribution < -0.4 is 19.5 Å². The van der Waals surface area contributed by atoms with E-state index in [0.717, 1.165) is 11.3 Å². The first kappa shape index (κ1) is 19.1. The lowest BCUT2D eigenvalue weighted by molar-refractivity contribution is 0.0929. The number of amides is 1. The van der Waals surface area contributed by atoms with E-state index >= 15 is 0 Å². The second kappa shape index (κ2) is 8.76. The van der Waals surface area contributed by atoms with Crippen LogP contribution in [0.15, 0.2) is 29.6 Å². The molecule has 1 N–H and O–H groups in total. The van der Waals surface area contributed by atoms with Gasteiger partial charge in [-0.1, -0.05) is 19.9 Å². The molecule has 0 saturated carbocycles. The Balaban J connectivity index is 2.32. The zero-order valence-electron chi connectivity index (χ0n) is 15.3. The van der Waals surface area contributed by atoms with E-state index in [1.54, 1.807) is 37.7 Å². The molecule has 5 nitrogen and oxygen atoms in total. The van der Waals surface area contributed by atoms with Crippen LogP contribution in [-0.4, -0.2) is 27.2 Å². The first-order valence-electron chi connectivity index (χ1n) is 8.14. The summed E-state index contributed by atoms with van der Waals surface area (Å²) < 4.78 is 15.9. The molecule has 0 aliphatic carbocycles. The van der Waals surface area contributed by atoms with Crippen molar-refractivity contribution in [2.45, 2.75) is 26.3 Å². The van der Waals surface area contributed by atoms with E-state index in [9.17, 15) is 4.79 Å². The summed E-state index contributed by atoms with van der Waals surface area (Å²) in [7, 11) is 4.62. The van der Waals surface area contributed by atoms with Crippen LogP contribution in [0.4, 0.5) is 0 Å². The molecular formula is C19H25NO4S. The van der Waals surface area contributed by atoms with Gasteiger partial charge in [-0.05, 0) is 23.8 Å². The number of nitrogens with one attached hydrogen (secondary N) is 1. The van der Waals surface area contributed by atoms with Crippen LogP contribution in [0.1, 0.15) is 41.5 Å². The topological polar surface area (TPSA) is 56.8 Å². The van der Waals surface area contributed by atoms with Gasteiger partial charge in [0.15, 0.2) is 11.5 Å². The highest BCUT2D eigenvalue weighted by molar-refractivity contribution is 7.10. The Morgan fingerprint density at radius 2 is 1.72 bits per heavy atom. The van der Waals surface area contributed by atoms with Crippen LogP contribution >= 0.6 is 11.3 Å². The van der Waals surface area contributed by atoms with Crippen molar-refractivity contribution < 1.29 is 19.0 Å². The van der Waals surface area contributed by atoms with Gasteiger partial charge in [-0.25, -0.2) is 0 Å². The summed E-state index contributed by atoms with van der Waals surface area (Å²) in [6.45, 7) is 4.29. The summed E-state index contributed by atoms with van der Waals surface area (Å²) in [5.74, 6) is 1.72. The second-order valence-corrected chi connectivity index (χ2v) is 7.06. The Hall–Kier alpha value is -2.21. The lowest BCUT2D eigenvalue weighted by Gasteiger charge is -2.21. The summed E-state index contributed by atoms with van der Waals surface area (Å²) in [5, 5.41) is 5.15. The molecule has 1 atom stereocenters. The van der Waals surface area contributed by atoms with E-state index in [2.05, 4.69) is 19.2 Å². The van der Waals surface area contributed by atoms with E-state index in [4.69, 9.17) is 14.2 Å². The minimum absolute atomic E-state index is 0.0368. The molecule has 6 heteroatoms. The summed E-state index contributed by atoms with van der Waals surface area (Å²) in [6, 6.07) is 7.31. The highest BCUT2D eigenvalue weighted by Crippen LogP contribution is 2.35. The Bertz CT molecular complexity index is 698. The fraction of sp³-hybridized carbons (Fsp3) is 0.421. The molecule has 2 aromatic rings. The van der Waals surface area contributed by atoms with Gasteiger partial charge >= 0.3 is 0 Å². The molecule has 1 unspecified atom stereocenters. The Kier molecular flexibility index (Phi) is 6.70. The van der Waals surface area contributed by atoms with Gasteiger partial charge < -0.3 is 19.5 Å². The summed E-state index contributed by atoms with van der Waals surface area (Å²) >= 11 is 1.64. The summed E-state index contributed by atoms with van der Waals surface area (Å²) in [4.78, 5) is 14.0. The number of rotatable bonds is 8. The maximum absolute atomic E-state index is 12.9. The van der Waals surface area contributed by atoms with Crippen molar-refractivity contribution in [3.05, 3.63) is 40.1 Å². The molecule has 0 fully saturated rings. The van der Waals surface area contributed by atoms with Gasteiger partial charge in [0.25, 0.3) is 5.91 Å². The standard InChI is InChI=1S/C19H25NO4S/c1-12(2)9-14(18-7-6-8-25-18)20-19(21)13-10-16(23-4)17(24-5)11-15(13)22-3/h6-8,10-12,14H,9H2,1-5H3,(H,20,21). The van der Waals surface area contributed by atoms with Gasteiger partial charge in [0.2, 0.25) is 0 Å². The van der Waals surface area contributed by atoms with Crippen LogP contribution in [0.25, 0.3) is 0 Å². The average Bonchev–Trinajstić information content (AvgIpc) is 3.13. The lowest BCUT2D eigenvalue weighted by Crippen LogP contribution is -2.29. The van der Waals surface area contributed by atoms with Gasteiger partial charge in [0.1, 0.15) is 5.75 Å². The Morgan fingerprint density at radius 1 is 1.08 bits per heavy atom. The van der Waals surface area contributed by atoms with Gasteiger partial charge in [0, 0.05) is 17.0 Å². The van der Waals surface area contributed by atoms with Crippen molar-refractivity contribution in [1.29, 1.82) is 0 Å². The van der Waals surface area contributed by atoms with Crippen LogP contribution in [-0.2, 0) is 0 Å². The number of methoxy groups -OCH3 is 3. The molecule has 1 heterocycles. The average molecular weight is 363 g/mol. The molecular weight excluding hydrogens is 338 g/mol. The monoisotopic (exact) mass is 363 g/mol. The zero-order valence-corrected chi connectivity index (χ0v) is 16.1. The third kappa shape index (κ3) is 4.66. The van der Waals surface area contributed by atoms with E-state index in [1.165, 1.54) is 7.11 Å². The fourth-order valence-electron chi connectivity index (χ4n) is 2.65. The zero-order chi connectivity index (χ0) is 18.4. The number of hydrogen-bond donors (Lipinski definition) is 1. The van der Waals surface area contributed by atoms with Gasteiger partial charge in [-0.3, -0.25) is 4.79 Å². The molecule has 0 aliphatic heterocycles. The van der Waals surface area contributed by atoms with E-state index in [0.29, 0.717) is 28.7 Å². The number of thiophene rings is 1. The molecule has 1 aromatic carbocycles. The number of hydrogen-bond acceptors (Lipinski definition) is 5. The number of ether oxygens (including phenoxy) is 3. The third-order valence-electron chi connectivity index (χ3n) is 3.85. The minimum atomic E-state index is -0.197. The molecule has 0 saturated heterocycles. The van der Waals surface area contributed by atoms with Crippen LogP contribution in [0.3, 0.4) is 0 Å². The van der Waals surface area contributed by atoms with E-state index in [1.807, 2.05) is 17.5 Å². The molecule has 0 bridgehead atoms.